The molecule has 1 aliphatic heterocycles. The van der Waals surface area contributed by atoms with Crippen molar-refractivity contribution in [3.8, 4) is 0 Å². The van der Waals surface area contributed by atoms with Gasteiger partial charge < -0.3 is 4.90 Å². The Bertz CT molecular complexity index is 422. The summed E-state index contributed by atoms with van der Waals surface area (Å²) < 4.78 is 13.5. The molecule has 0 bridgehead atoms. The summed E-state index contributed by atoms with van der Waals surface area (Å²) in [5.41, 5.74) is 0.0773. The quantitative estimate of drug-likeness (QED) is 0.702. The molecule has 92 valence electrons. The van der Waals surface area contributed by atoms with Gasteiger partial charge in [0.2, 0.25) is 5.95 Å². The zero-order valence-electron chi connectivity index (χ0n) is 10.2. The van der Waals surface area contributed by atoms with Crippen molar-refractivity contribution in [2.24, 2.45) is 5.92 Å². The molecule has 2 unspecified atom stereocenters. The molecule has 2 rings (SSSR count). The molecule has 4 heteroatoms. The Morgan fingerprint density at radius 2 is 2.24 bits per heavy atom. The second kappa shape index (κ2) is 4.82. The van der Waals surface area contributed by atoms with E-state index >= 15 is 0 Å². The summed E-state index contributed by atoms with van der Waals surface area (Å²) in [6.07, 6.45) is 3.46. The van der Waals surface area contributed by atoms with Gasteiger partial charge in [0, 0.05) is 18.8 Å². The molecular formula is C13H17FN2O. The lowest BCUT2D eigenvalue weighted by molar-refractivity contribution is 0.0568. The lowest BCUT2D eigenvalue weighted by Gasteiger charge is -2.36. The molecule has 1 aliphatic rings. The third-order valence-electron chi connectivity index (χ3n) is 3.37. The van der Waals surface area contributed by atoms with Crippen molar-refractivity contribution < 1.29 is 9.18 Å². The van der Waals surface area contributed by atoms with Gasteiger partial charge in [0.1, 0.15) is 0 Å². The van der Waals surface area contributed by atoms with Crippen LogP contribution in [0.1, 0.15) is 37.0 Å². The number of pyridine rings is 1. The maximum absolute atomic E-state index is 13.5. The first-order chi connectivity index (χ1) is 8.09. The first kappa shape index (κ1) is 12.0. The molecule has 1 saturated heterocycles. The summed E-state index contributed by atoms with van der Waals surface area (Å²) in [5, 5.41) is 0. The monoisotopic (exact) mass is 236 g/mol. The lowest BCUT2D eigenvalue weighted by atomic mass is 9.94. The molecule has 17 heavy (non-hydrogen) atoms. The molecule has 1 aromatic heterocycles. The van der Waals surface area contributed by atoms with Gasteiger partial charge in [-0.1, -0.05) is 6.92 Å². The van der Waals surface area contributed by atoms with Crippen LogP contribution in [0.15, 0.2) is 18.3 Å². The molecule has 1 aromatic rings. The van der Waals surface area contributed by atoms with Crippen LogP contribution in [-0.4, -0.2) is 28.4 Å². The van der Waals surface area contributed by atoms with E-state index in [0.29, 0.717) is 12.5 Å². The van der Waals surface area contributed by atoms with Crippen LogP contribution >= 0.6 is 0 Å². The minimum Gasteiger partial charge on any atom is -0.336 e. The number of hydrogen-bond donors (Lipinski definition) is 0. The van der Waals surface area contributed by atoms with E-state index in [-0.39, 0.29) is 17.5 Å². The highest BCUT2D eigenvalue weighted by Crippen LogP contribution is 2.23. The molecule has 0 aromatic carbocycles. The highest BCUT2D eigenvalue weighted by atomic mass is 19.1. The van der Waals surface area contributed by atoms with E-state index in [1.54, 1.807) is 11.0 Å². The van der Waals surface area contributed by atoms with Crippen molar-refractivity contribution in [3.63, 3.8) is 0 Å². The minimum atomic E-state index is -0.678. The second-order valence-corrected chi connectivity index (χ2v) is 4.83. The molecule has 1 amide bonds. The van der Waals surface area contributed by atoms with Crippen molar-refractivity contribution >= 4 is 5.91 Å². The van der Waals surface area contributed by atoms with Crippen LogP contribution in [0.2, 0.25) is 0 Å². The Kier molecular flexibility index (Phi) is 3.41. The van der Waals surface area contributed by atoms with Gasteiger partial charge in [-0.3, -0.25) is 4.79 Å². The number of aromatic nitrogens is 1. The maximum atomic E-state index is 13.5. The fourth-order valence-electron chi connectivity index (χ4n) is 2.27. The highest BCUT2D eigenvalue weighted by Gasteiger charge is 2.29. The smallest absolute Gasteiger partial charge is 0.258 e. The van der Waals surface area contributed by atoms with Gasteiger partial charge in [-0.25, -0.2) is 4.98 Å². The zero-order valence-corrected chi connectivity index (χ0v) is 10.2. The number of nitrogens with zero attached hydrogens (tertiary/aromatic N) is 2. The Hall–Kier alpha value is -1.45. The first-order valence-electron chi connectivity index (χ1n) is 6.01. The van der Waals surface area contributed by atoms with Gasteiger partial charge in [-0.05, 0) is 37.8 Å². The lowest BCUT2D eigenvalue weighted by Crippen LogP contribution is -2.45. The van der Waals surface area contributed by atoms with Crippen molar-refractivity contribution in [3.05, 3.63) is 29.8 Å². The summed E-state index contributed by atoms with van der Waals surface area (Å²) in [4.78, 5) is 17.5. The summed E-state index contributed by atoms with van der Waals surface area (Å²) in [6, 6.07) is 3.27. The highest BCUT2D eigenvalue weighted by molar-refractivity contribution is 5.94. The standard InChI is InChI=1S/C13H17FN2O/c1-9-5-6-10(2)16(8-9)13(17)11-4-3-7-15-12(11)14/h3-4,7,9-10H,5-6,8H2,1-2H3. The predicted molar refractivity (Wildman–Crippen MR) is 63.1 cm³/mol. The second-order valence-electron chi connectivity index (χ2n) is 4.83. The molecule has 1 fully saturated rings. The predicted octanol–water partition coefficient (Wildman–Crippen LogP) is 2.48. The van der Waals surface area contributed by atoms with Crippen LogP contribution in [0.25, 0.3) is 0 Å². The molecule has 0 N–H and O–H groups in total. The van der Waals surface area contributed by atoms with Crippen LogP contribution in [0.3, 0.4) is 0 Å². The zero-order chi connectivity index (χ0) is 12.4. The Balaban J connectivity index is 2.22. The van der Waals surface area contributed by atoms with E-state index in [1.165, 1.54) is 12.3 Å². The van der Waals surface area contributed by atoms with Crippen LogP contribution in [0, 0.1) is 11.9 Å². The number of rotatable bonds is 1. The van der Waals surface area contributed by atoms with Crippen molar-refractivity contribution in [2.45, 2.75) is 32.7 Å². The maximum Gasteiger partial charge on any atom is 0.258 e. The minimum absolute atomic E-state index is 0.0773. The number of piperidine rings is 1. The fraction of sp³-hybridized carbons (Fsp3) is 0.538. The van der Waals surface area contributed by atoms with E-state index in [2.05, 4.69) is 11.9 Å². The van der Waals surface area contributed by atoms with Crippen molar-refractivity contribution in [1.29, 1.82) is 0 Å². The number of amides is 1. The number of carbonyl (C=O) groups is 1. The largest absolute Gasteiger partial charge is 0.336 e. The van der Waals surface area contributed by atoms with Gasteiger partial charge in [0.05, 0.1) is 5.56 Å². The van der Waals surface area contributed by atoms with Gasteiger partial charge in [-0.15, -0.1) is 0 Å². The Labute approximate surface area is 101 Å². The molecule has 2 heterocycles. The number of carbonyl (C=O) groups excluding carboxylic acids is 1. The molecule has 2 atom stereocenters. The van der Waals surface area contributed by atoms with Crippen molar-refractivity contribution in [1.82, 2.24) is 9.88 Å². The third kappa shape index (κ3) is 2.46. The molecular weight excluding hydrogens is 219 g/mol. The van der Waals surface area contributed by atoms with Gasteiger partial charge in [0.15, 0.2) is 0 Å². The number of likely N-dealkylation sites (tertiary alicyclic amines) is 1. The topological polar surface area (TPSA) is 33.2 Å². The molecule has 0 saturated carbocycles. The SMILES string of the molecule is CC1CCC(C)N(C(=O)c2cccnc2F)C1. The Morgan fingerprint density at radius 1 is 1.47 bits per heavy atom. The molecule has 0 radical (unpaired) electrons. The normalized spacial score (nSPS) is 24.8. The number of halogens is 1. The third-order valence-corrected chi connectivity index (χ3v) is 3.37. The van der Waals surface area contributed by atoms with Gasteiger partial charge in [-0.2, -0.15) is 4.39 Å². The van der Waals surface area contributed by atoms with Crippen LogP contribution in [0.4, 0.5) is 4.39 Å². The van der Waals surface area contributed by atoms with Gasteiger partial charge in [0.25, 0.3) is 5.91 Å². The molecule has 3 nitrogen and oxygen atoms in total. The Morgan fingerprint density at radius 3 is 2.94 bits per heavy atom. The van der Waals surface area contributed by atoms with E-state index in [4.69, 9.17) is 0 Å². The van der Waals surface area contributed by atoms with E-state index < -0.39 is 5.95 Å². The summed E-state index contributed by atoms with van der Waals surface area (Å²) in [7, 11) is 0. The van der Waals surface area contributed by atoms with Crippen LogP contribution < -0.4 is 0 Å². The average molecular weight is 236 g/mol. The summed E-state index contributed by atoms with van der Waals surface area (Å²) >= 11 is 0. The van der Waals surface area contributed by atoms with Gasteiger partial charge >= 0.3 is 0 Å². The molecule has 0 aliphatic carbocycles. The first-order valence-corrected chi connectivity index (χ1v) is 6.01. The summed E-state index contributed by atoms with van der Waals surface area (Å²) in [6.45, 7) is 4.83. The van der Waals surface area contributed by atoms with Crippen molar-refractivity contribution in [2.75, 3.05) is 6.54 Å². The molecule has 0 spiro atoms. The van der Waals surface area contributed by atoms with E-state index in [9.17, 15) is 9.18 Å². The number of hydrogen-bond acceptors (Lipinski definition) is 2. The van der Waals surface area contributed by atoms with E-state index in [1.807, 2.05) is 6.92 Å². The van der Waals surface area contributed by atoms with E-state index in [0.717, 1.165) is 12.8 Å². The fourth-order valence-corrected chi connectivity index (χ4v) is 2.27. The average Bonchev–Trinajstić information content (AvgIpc) is 2.32. The van der Waals surface area contributed by atoms with Crippen LogP contribution in [-0.2, 0) is 0 Å². The van der Waals surface area contributed by atoms with Crippen LogP contribution in [0.5, 0.6) is 0 Å². The summed E-state index contributed by atoms with van der Waals surface area (Å²) in [5.74, 6) is -0.438.